The summed E-state index contributed by atoms with van der Waals surface area (Å²) in [7, 11) is 3.35. The highest BCUT2D eigenvalue weighted by Crippen LogP contribution is 2.31. The monoisotopic (exact) mass is 265 g/mol. The zero-order valence-electron chi connectivity index (χ0n) is 11.3. The Morgan fingerprint density at radius 1 is 1.53 bits per heavy atom. The van der Waals surface area contributed by atoms with Crippen molar-refractivity contribution in [2.24, 2.45) is 12.8 Å². The van der Waals surface area contributed by atoms with Crippen molar-refractivity contribution < 1.29 is 14.3 Å². The Balaban J connectivity index is 2.31. The van der Waals surface area contributed by atoms with Crippen LogP contribution in [0.25, 0.3) is 0 Å². The van der Waals surface area contributed by atoms with Gasteiger partial charge >= 0.3 is 0 Å². The molecule has 19 heavy (non-hydrogen) atoms. The Labute approximate surface area is 112 Å². The number of rotatable bonds is 4. The molecule has 1 atom stereocenters. The second-order valence-electron chi connectivity index (χ2n) is 4.95. The second-order valence-corrected chi connectivity index (χ2v) is 4.95. The summed E-state index contributed by atoms with van der Waals surface area (Å²) in [4.78, 5) is 25.9. The summed E-state index contributed by atoms with van der Waals surface area (Å²) >= 11 is 0. The lowest BCUT2D eigenvalue weighted by Crippen LogP contribution is -2.58. The summed E-state index contributed by atoms with van der Waals surface area (Å²) in [5, 5.41) is 0. The molecule has 1 fully saturated rings. The first-order valence-electron chi connectivity index (χ1n) is 6.24. The van der Waals surface area contributed by atoms with Gasteiger partial charge in [-0.15, -0.1) is 0 Å². The van der Waals surface area contributed by atoms with E-state index in [1.165, 1.54) is 7.11 Å². The Bertz CT molecular complexity index is 497. The van der Waals surface area contributed by atoms with Crippen LogP contribution < -0.4 is 5.73 Å². The molecule has 2 amide bonds. The van der Waals surface area contributed by atoms with Crippen molar-refractivity contribution in [3.8, 4) is 0 Å². The van der Waals surface area contributed by atoms with E-state index in [0.29, 0.717) is 18.5 Å². The minimum absolute atomic E-state index is 0.140. The fourth-order valence-corrected chi connectivity index (χ4v) is 2.68. The number of carbonyl (C=O) groups is 2. The molecule has 6 nitrogen and oxygen atoms in total. The first-order valence-corrected chi connectivity index (χ1v) is 6.24. The van der Waals surface area contributed by atoms with Gasteiger partial charge in [-0.3, -0.25) is 9.59 Å². The summed E-state index contributed by atoms with van der Waals surface area (Å²) in [6.07, 6.45) is 4.84. The maximum Gasteiger partial charge on any atom is 0.256 e. The zero-order chi connectivity index (χ0) is 14.0. The van der Waals surface area contributed by atoms with Gasteiger partial charge in [0.15, 0.2) is 0 Å². The molecule has 0 saturated carbocycles. The van der Waals surface area contributed by atoms with E-state index >= 15 is 0 Å². The van der Waals surface area contributed by atoms with Gasteiger partial charge in [0.2, 0.25) is 5.91 Å². The van der Waals surface area contributed by atoms with E-state index in [1.54, 1.807) is 27.9 Å². The highest BCUT2D eigenvalue weighted by molar-refractivity contribution is 5.99. The van der Waals surface area contributed by atoms with Crippen molar-refractivity contribution in [3.05, 3.63) is 24.0 Å². The first-order chi connectivity index (χ1) is 9.01. The highest BCUT2D eigenvalue weighted by Gasteiger charge is 2.48. The van der Waals surface area contributed by atoms with E-state index in [9.17, 15) is 9.59 Å². The molecule has 2 N–H and O–H groups in total. The van der Waals surface area contributed by atoms with Crippen molar-refractivity contribution >= 4 is 11.8 Å². The fraction of sp³-hybridized carbons (Fsp3) is 0.538. The van der Waals surface area contributed by atoms with Gasteiger partial charge < -0.3 is 19.9 Å². The number of amides is 2. The molecule has 0 spiro atoms. The molecule has 1 aromatic heterocycles. The third kappa shape index (κ3) is 2.23. The van der Waals surface area contributed by atoms with Gasteiger partial charge in [0.25, 0.3) is 5.91 Å². The lowest BCUT2D eigenvalue weighted by Gasteiger charge is -2.34. The summed E-state index contributed by atoms with van der Waals surface area (Å²) in [5.74, 6) is -0.676. The van der Waals surface area contributed by atoms with E-state index in [0.717, 1.165) is 6.42 Å². The fourth-order valence-electron chi connectivity index (χ4n) is 2.68. The molecular formula is C13H19N3O3. The van der Waals surface area contributed by atoms with Crippen LogP contribution in [0.15, 0.2) is 18.5 Å². The first kappa shape index (κ1) is 13.6. The van der Waals surface area contributed by atoms with Gasteiger partial charge in [-0.2, -0.15) is 0 Å². The van der Waals surface area contributed by atoms with Crippen LogP contribution in [0.4, 0.5) is 0 Å². The number of primary amides is 1. The molecule has 2 heterocycles. The largest absolute Gasteiger partial charge is 0.382 e. The third-order valence-corrected chi connectivity index (χ3v) is 3.65. The summed E-state index contributed by atoms with van der Waals surface area (Å²) in [5.41, 5.74) is 5.06. The summed E-state index contributed by atoms with van der Waals surface area (Å²) in [6, 6.07) is 1.74. The van der Waals surface area contributed by atoms with Crippen LogP contribution in [0, 0.1) is 0 Å². The molecule has 2 rings (SSSR count). The molecule has 0 aliphatic carbocycles. The number of hydrogen-bond acceptors (Lipinski definition) is 3. The Morgan fingerprint density at radius 3 is 2.79 bits per heavy atom. The van der Waals surface area contributed by atoms with Gasteiger partial charge in [-0.25, -0.2) is 0 Å². The van der Waals surface area contributed by atoms with Crippen molar-refractivity contribution in [3.63, 3.8) is 0 Å². The van der Waals surface area contributed by atoms with E-state index < -0.39 is 11.4 Å². The normalized spacial score (nSPS) is 22.7. The third-order valence-electron chi connectivity index (χ3n) is 3.65. The van der Waals surface area contributed by atoms with E-state index in [-0.39, 0.29) is 12.5 Å². The average Bonchev–Trinajstić information content (AvgIpc) is 2.96. The quantitative estimate of drug-likeness (QED) is 0.840. The number of hydrogen-bond donors (Lipinski definition) is 1. The van der Waals surface area contributed by atoms with Gasteiger partial charge in [0.05, 0.1) is 12.2 Å². The summed E-state index contributed by atoms with van der Waals surface area (Å²) in [6.45, 7) is 0.668. The number of nitrogens with zero attached hydrogens (tertiary/aromatic N) is 2. The molecule has 1 saturated heterocycles. The van der Waals surface area contributed by atoms with Crippen molar-refractivity contribution in [1.82, 2.24) is 9.47 Å². The lowest BCUT2D eigenvalue weighted by atomic mass is 9.96. The molecule has 1 aliphatic heterocycles. The number of aromatic nitrogens is 1. The molecule has 0 bridgehead atoms. The Morgan fingerprint density at radius 2 is 2.26 bits per heavy atom. The SMILES string of the molecule is COCC1(C(N)=O)CCCN1C(=O)c1ccn(C)c1. The van der Waals surface area contributed by atoms with E-state index in [4.69, 9.17) is 10.5 Å². The molecule has 6 heteroatoms. The van der Waals surface area contributed by atoms with Gasteiger partial charge in [-0.1, -0.05) is 0 Å². The minimum Gasteiger partial charge on any atom is -0.382 e. The highest BCUT2D eigenvalue weighted by atomic mass is 16.5. The maximum atomic E-state index is 12.5. The van der Waals surface area contributed by atoms with E-state index in [2.05, 4.69) is 0 Å². The van der Waals surface area contributed by atoms with Crippen LogP contribution in [0.3, 0.4) is 0 Å². The smallest absolute Gasteiger partial charge is 0.256 e. The van der Waals surface area contributed by atoms with Crippen molar-refractivity contribution in [2.75, 3.05) is 20.3 Å². The topological polar surface area (TPSA) is 77.6 Å². The Kier molecular flexibility index (Phi) is 3.61. The van der Waals surface area contributed by atoms with Crippen molar-refractivity contribution in [2.45, 2.75) is 18.4 Å². The molecule has 104 valence electrons. The molecule has 1 aromatic rings. The number of carbonyl (C=O) groups excluding carboxylic acids is 2. The van der Waals surface area contributed by atoms with Gasteiger partial charge in [0.1, 0.15) is 5.54 Å². The molecule has 0 radical (unpaired) electrons. The standard InChI is InChI=1S/C13H19N3O3/c1-15-7-4-10(8-15)11(17)16-6-3-5-13(16,9-19-2)12(14)18/h4,7-8H,3,5-6,9H2,1-2H3,(H2,14,18). The molecule has 1 aliphatic rings. The van der Waals surface area contributed by atoms with E-state index in [1.807, 2.05) is 7.05 Å². The second kappa shape index (κ2) is 5.05. The minimum atomic E-state index is -1.01. The lowest BCUT2D eigenvalue weighted by molar-refractivity contribution is -0.130. The van der Waals surface area contributed by atoms with Crippen molar-refractivity contribution in [1.29, 1.82) is 0 Å². The molecule has 0 aromatic carbocycles. The van der Waals surface area contributed by atoms with Crippen LogP contribution in [-0.4, -0.2) is 47.1 Å². The number of ether oxygens (including phenoxy) is 1. The van der Waals surface area contributed by atoms with Crippen LogP contribution in [0.5, 0.6) is 0 Å². The van der Waals surface area contributed by atoms with Gasteiger partial charge in [-0.05, 0) is 18.9 Å². The number of methoxy groups -OCH3 is 1. The maximum absolute atomic E-state index is 12.5. The van der Waals surface area contributed by atoms with Gasteiger partial charge in [0, 0.05) is 33.1 Å². The van der Waals surface area contributed by atoms with Crippen LogP contribution in [0.2, 0.25) is 0 Å². The molecular weight excluding hydrogens is 246 g/mol. The number of nitrogens with two attached hydrogens (primary N) is 1. The number of aryl methyl sites for hydroxylation is 1. The predicted octanol–water partition coefficient (Wildman–Crippen LogP) is 0.132. The number of likely N-dealkylation sites (tertiary alicyclic amines) is 1. The van der Waals surface area contributed by atoms with Crippen LogP contribution >= 0.6 is 0 Å². The molecule has 1 unspecified atom stereocenters. The Hall–Kier alpha value is -1.82. The van der Waals surface area contributed by atoms with Crippen LogP contribution in [-0.2, 0) is 16.6 Å². The predicted molar refractivity (Wildman–Crippen MR) is 69.5 cm³/mol. The van der Waals surface area contributed by atoms with Crippen LogP contribution in [0.1, 0.15) is 23.2 Å². The zero-order valence-corrected chi connectivity index (χ0v) is 11.3. The average molecular weight is 265 g/mol. The summed E-state index contributed by atoms with van der Waals surface area (Å²) < 4.78 is 6.91.